The van der Waals surface area contributed by atoms with Crippen molar-refractivity contribution in [1.82, 2.24) is 14.9 Å². The molecule has 1 aromatic heterocycles. The fourth-order valence-electron chi connectivity index (χ4n) is 3.36. The third-order valence-electron chi connectivity index (χ3n) is 4.47. The first-order chi connectivity index (χ1) is 12.0. The zero-order valence-corrected chi connectivity index (χ0v) is 15.4. The van der Waals surface area contributed by atoms with Crippen LogP contribution >= 0.6 is 11.8 Å². The van der Waals surface area contributed by atoms with Crippen LogP contribution in [0.15, 0.2) is 35.7 Å². The molecule has 1 aliphatic rings. The van der Waals surface area contributed by atoms with Gasteiger partial charge >= 0.3 is 0 Å². The van der Waals surface area contributed by atoms with Crippen molar-refractivity contribution in [1.29, 1.82) is 5.26 Å². The normalized spacial score (nSPS) is 15.7. The molecule has 130 valence electrons. The van der Waals surface area contributed by atoms with Gasteiger partial charge in [-0.25, -0.2) is 4.98 Å². The highest BCUT2D eigenvalue weighted by Gasteiger charge is 2.35. The number of hydrogen-bond donors (Lipinski definition) is 1. The smallest absolute Gasteiger partial charge is 0.231 e. The third kappa shape index (κ3) is 4.05. The molecule has 2 aromatic rings. The van der Waals surface area contributed by atoms with Crippen LogP contribution < -0.4 is 5.32 Å². The first-order valence-electron chi connectivity index (χ1n) is 8.48. The number of nitriles is 1. The number of hydrogen-bond acceptors (Lipinski definition) is 4. The zero-order valence-electron chi connectivity index (χ0n) is 14.6. The van der Waals surface area contributed by atoms with Crippen LogP contribution in [0.3, 0.4) is 0 Å². The molecule has 1 heterocycles. The number of rotatable bonds is 5. The third-order valence-corrected chi connectivity index (χ3v) is 5.44. The van der Waals surface area contributed by atoms with Gasteiger partial charge in [-0.05, 0) is 62.8 Å². The van der Waals surface area contributed by atoms with Crippen LogP contribution in [0.1, 0.15) is 36.8 Å². The average Bonchev–Trinajstić information content (AvgIpc) is 3.21. The maximum absolute atomic E-state index is 12.3. The van der Waals surface area contributed by atoms with E-state index in [1.807, 2.05) is 10.8 Å². The largest absolute Gasteiger partial charge is 0.337 e. The first kappa shape index (κ1) is 17.6. The Bertz CT molecular complexity index is 795. The number of aryl methyl sites for hydroxylation is 2. The van der Waals surface area contributed by atoms with E-state index >= 15 is 0 Å². The fourth-order valence-corrected chi connectivity index (χ4v) is 4.13. The van der Waals surface area contributed by atoms with Gasteiger partial charge < -0.3 is 5.32 Å². The van der Waals surface area contributed by atoms with E-state index in [0.717, 1.165) is 36.5 Å². The molecule has 6 heteroatoms. The molecule has 0 radical (unpaired) electrons. The van der Waals surface area contributed by atoms with Crippen molar-refractivity contribution in [2.75, 3.05) is 5.75 Å². The van der Waals surface area contributed by atoms with E-state index in [2.05, 4.69) is 48.4 Å². The van der Waals surface area contributed by atoms with Crippen molar-refractivity contribution in [3.63, 3.8) is 0 Å². The Morgan fingerprint density at radius 1 is 1.32 bits per heavy atom. The van der Waals surface area contributed by atoms with Crippen LogP contribution in [-0.2, 0) is 4.79 Å². The molecule has 1 aliphatic carbocycles. The van der Waals surface area contributed by atoms with E-state index in [1.165, 1.54) is 22.9 Å². The van der Waals surface area contributed by atoms with E-state index in [9.17, 15) is 10.1 Å². The van der Waals surface area contributed by atoms with E-state index < -0.39 is 5.54 Å². The van der Waals surface area contributed by atoms with Crippen LogP contribution in [0, 0.1) is 25.2 Å². The number of amides is 1. The number of nitrogens with zero attached hydrogens (tertiary/aromatic N) is 3. The van der Waals surface area contributed by atoms with Gasteiger partial charge in [-0.3, -0.25) is 9.36 Å². The number of carbonyl (C=O) groups excluding carboxylic acids is 1. The Labute approximate surface area is 152 Å². The minimum absolute atomic E-state index is 0.108. The summed E-state index contributed by atoms with van der Waals surface area (Å²) in [7, 11) is 0. The van der Waals surface area contributed by atoms with Crippen molar-refractivity contribution in [2.24, 2.45) is 0 Å². The van der Waals surface area contributed by atoms with Gasteiger partial charge in [0.1, 0.15) is 5.54 Å². The lowest BCUT2D eigenvalue weighted by Crippen LogP contribution is -2.45. The van der Waals surface area contributed by atoms with Gasteiger partial charge in [0.05, 0.1) is 11.8 Å². The van der Waals surface area contributed by atoms with Gasteiger partial charge in [0.15, 0.2) is 5.16 Å². The number of imidazole rings is 1. The van der Waals surface area contributed by atoms with Crippen LogP contribution in [0.2, 0.25) is 0 Å². The lowest BCUT2D eigenvalue weighted by molar-refractivity contribution is -0.119. The Morgan fingerprint density at radius 2 is 2.00 bits per heavy atom. The van der Waals surface area contributed by atoms with Crippen molar-refractivity contribution in [2.45, 2.75) is 50.2 Å². The predicted octanol–water partition coefficient (Wildman–Crippen LogP) is 3.53. The highest BCUT2D eigenvalue weighted by atomic mass is 32.2. The Balaban J connectivity index is 1.68. The Hall–Kier alpha value is -2.26. The van der Waals surface area contributed by atoms with Gasteiger partial charge in [0.2, 0.25) is 5.91 Å². The summed E-state index contributed by atoms with van der Waals surface area (Å²) >= 11 is 1.39. The Kier molecular flexibility index (Phi) is 5.14. The van der Waals surface area contributed by atoms with Crippen LogP contribution in [0.5, 0.6) is 0 Å². The van der Waals surface area contributed by atoms with Gasteiger partial charge in [0, 0.05) is 18.1 Å². The van der Waals surface area contributed by atoms with Crippen LogP contribution in [0.4, 0.5) is 0 Å². The van der Waals surface area contributed by atoms with E-state index in [0.29, 0.717) is 0 Å². The molecule has 1 N–H and O–H groups in total. The maximum atomic E-state index is 12.3. The minimum atomic E-state index is -0.666. The number of thioether (sulfide) groups is 1. The number of nitrogens with one attached hydrogen (secondary N) is 1. The second-order valence-electron chi connectivity index (χ2n) is 6.66. The topological polar surface area (TPSA) is 70.7 Å². The van der Waals surface area contributed by atoms with Crippen molar-refractivity contribution >= 4 is 17.7 Å². The van der Waals surface area contributed by atoms with Crippen molar-refractivity contribution < 1.29 is 4.79 Å². The maximum Gasteiger partial charge on any atom is 0.231 e. The summed E-state index contributed by atoms with van der Waals surface area (Å²) in [6.07, 6.45) is 7.14. The lowest BCUT2D eigenvalue weighted by Gasteiger charge is -2.21. The second kappa shape index (κ2) is 7.32. The van der Waals surface area contributed by atoms with Gasteiger partial charge in [0.25, 0.3) is 0 Å². The quantitative estimate of drug-likeness (QED) is 0.834. The van der Waals surface area contributed by atoms with E-state index in [4.69, 9.17) is 0 Å². The summed E-state index contributed by atoms with van der Waals surface area (Å²) in [6, 6.07) is 8.62. The molecule has 1 saturated carbocycles. The van der Waals surface area contributed by atoms with Gasteiger partial charge in [-0.2, -0.15) is 5.26 Å². The summed E-state index contributed by atoms with van der Waals surface area (Å²) in [6.45, 7) is 4.13. The molecule has 1 aromatic carbocycles. The molecule has 3 rings (SSSR count). The molecule has 0 spiro atoms. The molecule has 0 saturated heterocycles. The van der Waals surface area contributed by atoms with Crippen molar-refractivity contribution in [3.8, 4) is 11.8 Å². The predicted molar refractivity (Wildman–Crippen MR) is 98.7 cm³/mol. The average molecular weight is 354 g/mol. The minimum Gasteiger partial charge on any atom is -0.337 e. The van der Waals surface area contributed by atoms with Gasteiger partial charge in [-0.1, -0.05) is 17.8 Å². The fraction of sp³-hybridized carbons (Fsp3) is 0.421. The number of aromatic nitrogens is 2. The standard InChI is InChI=1S/C19H22N4OS/c1-14-9-15(2)11-16(10-14)23-8-7-21-18(23)25-12-17(24)22-19(13-20)5-3-4-6-19/h7-11H,3-6,12H2,1-2H3,(H,22,24). The SMILES string of the molecule is Cc1cc(C)cc(-n2ccnc2SCC(=O)NC2(C#N)CCCC2)c1. The van der Waals surface area contributed by atoms with Crippen molar-refractivity contribution in [3.05, 3.63) is 41.7 Å². The monoisotopic (exact) mass is 354 g/mol. The number of benzene rings is 1. The molecule has 0 aliphatic heterocycles. The molecule has 1 fully saturated rings. The molecule has 0 bridgehead atoms. The summed E-state index contributed by atoms with van der Waals surface area (Å²) in [5.74, 6) is 0.147. The highest BCUT2D eigenvalue weighted by molar-refractivity contribution is 7.99. The zero-order chi connectivity index (χ0) is 17.9. The lowest BCUT2D eigenvalue weighted by atomic mass is 10.0. The molecule has 25 heavy (non-hydrogen) atoms. The van der Waals surface area contributed by atoms with Crippen LogP contribution in [0.25, 0.3) is 5.69 Å². The summed E-state index contributed by atoms with van der Waals surface area (Å²) < 4.78 is 1.99. The second-order valence-corrected chi connectivity index (χ2v) is 7.61. The summed E-state index contributed by atoms with van der Waals surface area (Å²) in [5.41, 5.74) is 2.76. The van der Waals surface area contributed by atoms with Crippen LogP contribution in [-0.4, -0.2) is 26.8 Å². The Morgan fingerprint density at radius 3 is 2.64 bits per heavy atom. The summed E-state index contributed by atoms with van der Waals surface area (Å²) in [5, 5.41) is 13.1. The van der Waals surface area contributed by atoms with E-state index in [1.54, 1.807) is 6.20 Å². The molecular formula is C19H22N4OS. The molecule has 1 amide bonds. The highest BCUT2D eigenvalue weighted by Crippen LogP contribution is 2.29. The molecule has 5 nitrogen and oxygen atoms in total. The first-order valence-corrected chi connectivity index (χ1v) is 9.47. The van der Waals surface area contributed by atoms with Gasteiger partial charge in [-0.15, -0.1) is 0 Å². The molecular weight excluding hydrogens is 332 g/mol. The number of carbonyl (C=O) groups is 1. The van der Waals surface area contributed by atoms with E-state index in [-0.39, 0.29) is 11.7 Å². The molecule has 0 unspecified atom stereocenters. The summed E-state index contributed by atoms with van der Waals surface area (Å²) in [4.78, 5) is 16.7. The molecule has 0 atom stereocenters.